The Morgan fingerprint density at radius 1 is 0.882 bits per heavy atom. The van der Waals surface area contributed by atoms with Gasteiger partial charge in [-0.15, -0.1) is 0 Å². The van der Waals surface area contributed by atoms with Crippen molar-refractivity contribution < 1.29 is 42.1 Å². The maximum absolute atomic E-state index is 12.3. The van der Waals surface area contributed by atoms with Crippen molar-refractivity contribution >= 4 is 19.8 Å². The number of hydrogen-bond donors (Lipinski definition) is 5. The summed E-state index contributed by atoms with van der Waals surface area (Å²) in [6.07, 6.45) is 2.26. The molecule has 0 aromatic carbocycles. The zero-order valence-corrected chi connectivity index (χ0v) is 21.6. The van der Waals surface area contributed by atoms with Crippen molar-refractivity contribution in [2.75, 3.05) is 60.6 Å². The molecule has 14 heteroatoms. The van der Waals surface area contributed by atoms with Crippen molar-refractivity contribution in [3.8, 4) is 0 Å². The lowest BCUT2D eigenvalue weighted by molar-refractivity contribution is -0.870. The Bertz CT molecular complexity index is 635. The molecule has 0 amide bonds. The largest absolute Gasteiger partial charge is 0.472 e. The summed E-state index contributed by atoms with van der Waals surface area (Å²) in [5.74, 6) is -1.45. The zero-order chi connectivity index (χ0) is 26.2. The van der Waals surface area contributed by atoms with Gasteiger partial charge in [0.05, 0.1) is 27.7 Å². The Morgan fingerprint density at radius 2 is 1.41 bits per heavy atom. The number of phosphoric ester groups is 1. The number of carbonyl (C=O) groups excluding carboxylic acids is 2. The van der Waals surface area contributed by atoms with Crippen LogP contribution in [-0.2, 0) is 32.7 Å². The van der Waals surface area contributed by atoms with Crippen LogP contribution in [0.2, 0.25) is 0 Å². The van der Waals surface area contributed by atoms with E-state index in [1.54, 1.807) is 0 Å². The molecule has 0 aromatic heterocycles. The molecular formula is C20H45N5O8P+. The lowest BCUT2D eigenvalue weighted by Gasteiger charge is -2.24. The Kier molecular flexibility index (Phi) is 16.7. The third-order valence-corrected chi connectivity index (χ3v) is 5.66. The number of nitrogens with two attached hydrogens (primary N) is 4. The van der Waals surface area contributed by atoms with Crippen molar-refractivity contribution in [3.05, 3.63) is 0 Å². The minimum Gasteiger partial charge on any atom is -0.460 e. The molecule has 0 aliphatic heterocycles. The van der Waals surface area contributed by atoms with Crippen LogP contribution in [0, 0.1) is 0 Å². The highest BCUT2D eigenvalue weighted by molar-refractivity contribution is 7.47. The molecular weight excluding hydrogens is 469 g/mol. The molecule has 0 aliphatic carbocycles. The van der Waals surface area contributed by atoms with Crippen LogP contribution in [0.3, 0.4) is 0 Å². The first-order valence-electron chi connectivity index (χ1n) is 11.5. The van der Waals surface area contributed by atoms with E-state index in [0.29, 0.717) is 56.2 Å². The van der Waals surface area contributed by atoms with Gasteiger partial charge in [-0.25, -0.2) is 4.57 Å². The van der Waals surface area contributed by atoms with Gasteiger partial charge in [-0.05, 0) is 38.8 Å². The smallest absolute Gasteiger partial charge is 0.460 e. The van der Waals surface area contributed by atoms with Crippen LogP contribution >= 0.6 is 7.82 Å². The van der Waals surface area contributed by atoms with Crippen LogP contribution < -0.4 is 22.9 Å². The van der Waals surface area contributed by atoms with Crippen molar-refractivity contribution in [2.24, 2.45) is 22.9 Å². The molecule has 4 atom stereocenters. The third kappa shape index (κ3) is 17.3. The molecule has 1 unspecified atom stereocenters. The van der Waals surface area contributed by atoms with Gasteiger partial charge in [0.25, 0.3) is 0 Å². The van der Waals surface area contributed by atoms with E-state index in [4.69, 9.17) is 41.5 Å². The molecule has 0 fully saturated rings. The number of nitrogens with zero attached hydrogens (tertiary/aromatic N) is 1. The SMILES string of the molecule is C[N+](C)(C)CCOP(=O)(O)OC[C@@H](COC(=O)[C@@H](N)CCCCN)OC(=O)[C@@H](N)CCCCN. The summed E-state index contributed by atoms with van der Waals surface area (Å²) in [7, 11) is 1.26. The van der Waals surface area contributed by atoms with E-state index in [9.17, 15) is 19.0 Å². The molecule has 0 aliphatic rings. The van der Waals surface area contributed by atoms with E-state index in [2.05, 4.69) is 0 Å². The first-order chi connectivity index (χ1) is 15.8. The summed E-state index contributed by atoms with van der Waals surface area (Å²) < 4.78 is 33.0. The molecule has 34 heavy (non-hydrogen) atoms. The fraction of sp³-hybridized carbons (Fsp3) is 0.900. The Balaban J connectivity index is 4.93. The lowest BCUT2D eigenvalue weighted by atomic mass is 10.1. The van der Waals surface area contributed by atoms with E-state index in [-0.39, 0.29) is 6.61 Å². The summed E-state index contributed by atoms with van der Waals surface area (Å²) in [4.78, 5) is 34.4. The molecule has 0 bridgehead atoms. The molecule has 13 nitrogen and oxygen atoms in total. The minimum absolute atomic E-state index is 0.0274. The number of unbranched alkanes of at least 4 members (excludes halogenated alkanes) is 2. The van der Waals surface area contributed by atoms with Crippen molar-refractivity contribution in [2.45, 2.75) is 56.7 Å². The number of esters is 2. The van der Waals surface area contributed by atoms with Crippen LogP contribution in [-0.4, -0.2) is 100 Å². The van der Waals surface area contributed by atoms with Crippen molar-refractivity contribution in [3.63, 3.8) is 0 Å². The van der Waals surface area contributed by atoms with Crippen LogP contribution in [0.4, 0.5) is 0 Å². The maximum atomic E-state index is 12.3. The van der Waals surface area contributed by atoms with Gasteiger partial charge < -0.3 is 41.8 Å². The van der Waals surface area contributed by atoms with Crippen LogP contribution in [0.15, 0.2) is 0 Å². The van der Waals surface area contributed by atoms with E-state index >= 15 is 0 Å². The Morgan fingerprint density at radius 3 is 1.91 bits per heavy atom. The van der Waals surface area contributed by atoms with E-state index < -0.39 is 51.2 Å². The topological polar surface area (TPSA) is 212 Å². The molecule has 0 spiro atoms. The highest BCUT2D eigenvalue weighted by Crippen LogP contribution is 2.43. The van der Waals surface area contributed by atoms with Gasteiger partial charge >= 0.3 is 19.8 Å². The van der Waals surface area contributed by atoms with Crippen molar-refractivity contribution in [1.82, 2.24) is 0 Å². The molecule has 9 N–H and O–H groups in total. The number of likely N-dealkylation sites (N-methyl/N-ethyl adjacent to an activating group) is 1. The average molecular weight is 515 g/mol. The molecule has 0 rings (SSSR count). The summed E-state index contributed by atoms with van der Waals surface area (Å²) in [5, 5.41) is 0. The summed E-state index contributed by atoms with van der Waals surface area (Å²) >= 11 is 0. The second kappa shape index (κ2) is 17.3. The quantitative estimate of drug-likeness (QED) is 0.0584. The summed E-state index contributed by atoms with van der Waals surface area (Å²) in [6, 6.07) is -1.80. The lowest BCUT2D eigenvalue weighted by Crippen LogP contribution is -2.40. The minimum atomic E-state index is -4.43. The maximum Gasteiger partial charge on any atom is 0.472 e. The van der Waals surface area contributed by atoms with Gasteiger partial charge in [0, 0.05) is 0 Å². The van der Waals surface area contributed by atoms with Gasteiger partial charge in [0.15, 0.2) is 6.10 Å². The third-order valence-electron chi connectivity index (χ3n) is 4.68. The second-order valence-corrected chi connectivity index (χ2v) is 10.5. The molecule has 0 saturated heterocycles. The normalized spacial score (nSPS) is 16.4. The van der Waals surface area contributed by atoms with Gasteiger partial charge in [-0.3, -0.25) is 18.6 Å². The zero-order valence-electron chi connectivity index (χ0n) is 20.7. The van der Waals surface area contributed by atoms with E-state index in [1.807, 2.05) is 21.1 Å². The first-order valence-corrected chi connectivity index (χ1v) is 13.0. The standard InChI is InChI=1S/C20H44N5O8P/c1-25(2,3)12-13-31-34(28,29)32-15-16(33-20(27)18(24)9-5-7-11-22)14-30-19(26)17(23)8-4-6-10-21/h16-18H,4-15,21-24H2,1-3H3/p+1/t16-,17+,18+/m1/s1. The second-order valence-electron chi connectivity index (χ2n) is 9.08. The summed E-state index contributed by atoms with van der Waals surface area (Å²) in [5.41, 5.74) is 22.5. The number of phosphoric acid groups is 1. The monoisotopic (exact) mass is 514 g/mol. The van der Waals surface area contributed by atoms with E-state index in [1.165, 1.54) is 0 Å². The average Bonchev–Trinajstić information content (AvgIpc) is 2.74. The van der Waals surface area contributed by atoms with Gasteiger partial charge in [0.2, 0.25) is 0 Å². The van der Waals surface area contributed by atoms with Crippen molar-refractivity contribution in [1.29, 1.82) is 0 Å². The Labute approximate surface area is 202 Å². The van der Waals surface area contributed by atoms with Gasteiger partial charge in [-0.2, -0.15) is 0 Å². The number of quaternary nitrogens is 1. The predicted octanol–water partition coefficient (Wildman–Crippen LogP) is -0.806. The number of rotatable bonds is 20. The molecule has 0 heterocycles. The van der Waals surface area contributed by atoms with Crippen LogP contribution in [0.25, 0.3) is 0 Å². The predicted molar refractivity (Wildman–Crippen MR) is 127 cm³/mol. The molecule has 0 radical (unpaired) electrons. The highest BCUT2D eigenvalue weighted by atomic mass is 31.2. The van der Waals surface area contributed by atoms with Gasteiger partial charge in [-0.1, -0.05) is 12.8 Å². The number of ether oxygens (including phenoxy) is 2. The Hall–Kier alpha value is -1.15. The fourth-order valence-electron chi connectivity index (χ4n) is 2.55. The van der Waals surface area contributed by atoms with Crippen LogP contribution in [0.1, 0.15) is 38.5 Å². The summed E-state index contributed by atoms with van der Waals surface area (Å²) in [6.45, 7) is 0.420. The van der Waals surface area contributed by atoms with Gasteiger partial charge in [0.1, 0.15) is 31.8 Å². The molecule has 0 saturated carbocycles. The number of hydrogen-bond acceptors (Lipinski definition) is 11. The highest BCUT2D eigenvalue weighted by Gasteiger charge is 2.28. The first kappa shape index (κ1) is 32.8. The number of carbonyl (C=O) groups is 2. The molecule has 0 aromatic rings. The molecule has 202 valence electrons. The fourth-order valence-corrected chi connectivity index (χ4v) is 3.29. The van der Waals surface area contributed by atoms with E-state index in [0.717, 1.165) is 6.42 Å². The van der Waals surface area contributed by atoms with Crippen LogP contribution in [0.5, 0.6) is 0 Å².